The quantitative estimate of drug-likeness (QED) is 0.773. The van der Waals surface area contributed by atoms with E-state index in [9.17, 15) is 5.26 Å². The van der Waals surface area contributed by atoms with E-state index >= 15 is 0 Å². The van der Waals surface area contributed by atoms with Gasteiger partial charge >= 0.3 is 0 Å². The summed E-state index contributed by atoms with van der Waals surface area (Å²) < 4.78 is 0. The van der Waals surface area contributed by atoms with E-state index in [4.69, 9.17) is 0 Å². The summed E-state index contributed by atoms with van der Waals surface area (Å²) in [5.74, 6) is 2.64. The number of aromatic nitrogens is 1. The number of nitriles is 1. The van der Waals surface area contributed by atoms with Crippen LogP contribution in [0.25, 0.3) is 0 Å². The molecule has 0 bridgehead atoms. The number of piperidine rings is 1. The van der Waals surface area contributed by atoms with E-state index in [0.717, 1.165) is 41.9 Å². The average molecular weight is 255 g/mol. The minimum Gasteiger partial charge on any atom is -0.355 e. The normalized spacial score (nSPS) is 26.6. The van der Waals surface area contributed by atoms with Crippen molar-refractivity contribution in [2.24, 2.45) is 11.8 Å². The molecule has 0 N–H and O–H groups in total. The van der Waals surface area contributed by atoms with Crippen LogP contribution >= 0.6 is 0 Å². The Morgan fingerprint density at radius 2 is 2.05 bits per heavy atom. The number of rotatable bonds is 1. The molecular weight excluding hydrogens is 234 g/mol. The molecule has 2 heterocycles. The molecule has 0 aromatic carbocycles. The SMILES string of the molecule is Cc1ccnc(N2CCC3CCCCC3C2)c1C#N. The maximum atomic E-state index is 9.35. The molecule has 3 nitrogen and oxygen atoms in total. The van der Waals surface area contributed by atoms with Gasteiger partial charge in [-0.15, -0.1) is 0 Å². The van der Waals surface area contributed by atoms with Crippen molar-refractivity contribution in [1.82, 2.24) is 4.98 Å². The number of nitrogens with zero attached hydrogens (tertiary/aromatic N) is 3. The van der Waals surface area contributed by atoms with Crippen LogP contribution in [0.1, 0.15) is 43.2 Å². The van der Waals surface area contributed by atoms with E-state index in [2.05, 4.69) is 16.0 Å². The summed E-state index contributed by atoms with van der Waals surface area (Å²) in [6.45, 7) is 4.15. The minimum atomic E-state index is 0.761. The predicted molar refractivity (Wildman–Crippen MR) is 76.0 cm³/mol. The lowest BCUT2D eigenvalue weighted by Gasteiger charge is -2.42. The Labute approximate surface area is 115 Å². The molecule has 2 atom stereocenters. The van der Waals surface area contributed by atoms with Crippen LogP contribution < -0.4 is 4.90 Å². The molecule has 3 rings (SSSR count). The third-order valence-corrected chi connectivity index (χ3v) is 4.84. The average Bonchev–Trinajstić information content (AvgIpc) is 2.46. The van der Waals surface area contributed by atoms with Crippen LogP contribution in [0.5, 0.6) is 0 Å². The summed E-state index contributed by atoms with van der Waals surface area (Å²) in [4.78, 5) is 6.82. The van der Waals surface area contributed by atoms with Crippen LogP contribution in [-0.4, -0.2) is 18.1 Å². The lowest BCUT2D eigenvalue weighted by molar-refractivity contribution is 0.202. The van der Waals surface area contributed by atoms with E-state index in [1.165, 1.54) is 32.1 Å². The molecule has 2 unspecified atom stereocenters. The zero-order chi connectivity index (χ0) is 13.2. The smallest absolute Gasteiger partial charge is 0.146 e. The molecule has 1 saturated carbocycles. The van der Waals surface area contributed by atoms with Crippen molar-refractivity contribution in [1.29, 1.82) is 5.26 Å². The van der Waals surface area contributed by atoms with E-state index in [0.29, 0.717) is 0 Å². The van der Waals surface area contributed by atoms with Gasteiger partial charge in [-0.05, 0) is 43.2 Å². The van der Waals surface area contributed by atoms with Gasteiger partial charge in [0, 0.05) is 19.3 Å². The van der Waals surface area contributed by atoms with Crippen molar-refractivity contribution in [3.8, 4) is 6.07 Å². The van der Waals surface area contributed by atoms with Gasteiger partial charge in [-0.25, -0.2) is 4.98 Å². The van der Waals surface area contributed by atoms with Crippen LogP contribution in [0.4, 0.5) is 5.82 Å². The number of fused-ring (bicyclic) bond motifs is 1. The van der Waals surface area contributed by atoms with Gasteiger partial charge in [0.25, 0.3) is 0 Å². The number of pyridine rings is 1. The van der Waals surface area contributed by atoms with Crippen LogP contribution in [0.3, 0.4) is 0 Å². The lowest BCUT2D eigenvalue weighted by Crippen LogP contribution is -2.42. The summed E-state index contributed by atoms with van der Waals surface area (Å²) in [5.41, 5.74) is 1.80. The van der Waals surface area contributed by atoms with E-state index in [-0.39, 0.29) is 0 Å². The second kappa shape index (κ2) is 5.21. The van der Waals surface area contributed by atoms with Gasteiger partial charge in [-0.3, -0.25) is 0 Å². The second-order valence-electron chi connectivity index (χ2n) is 5.98. The Balaban J connectivity index is 1.84. The summed E-state index contributed by atoms with van der Waals surface area (Å²) in [6, 6.07) is 4.26. The first kappa shape index (κ1) is 12.5. The number of hydrogen-bond donors (Lipinski definition) is 0. The zero-order valence-corrected chi connectivity index (χ0v) is 11.6. The molecule has 100 valence electrons. The molecule has 3 heteroatoms. The third-order valence-electron chi connectivity index (χ3n) is 4.84. The Morgan fingerprint density at radius 1 is 1.26 bits per heavy atom. The largest absolute Gasteiger partial charge is 0.355 e. The van der Waals surface area contributed by atoms with E-state index in [1.807, 2.05) is 19.2 Å². The fourth-order valence-corrected chi connectivity index (χ4v) is 3.72. The molecule has 1 aromatic heterocycles. The number of anilines is 1. The first-order chi connectivity index (χ1) is 9.29. The Morgan fingerprint density at radius 3 is 2.84 bits per heavy atom. The number of aryl methyl sites for hydroxylation is 1. The zero-order valence-electron chi connectivity index (χ0n) is 11.6. The Bertz CT molecular complexity index is 503. The van der Waals surface area contributed by atoms with Gasteiger partial charge < -0.3 is 4.90 Å². The van der Waals surface area contributed by atoms with Crippen LogP contribution in [0.2, 0.25) is 0 Å². The standard InChI is InChI=1S/C16H21N3/c1-12-6-8-18-16(15(12)10-17)19-9-7-13-4-2-3-5-14(13)11-19/h6,8,13-14H,2-5,7,9,11H2,1H3. The fourth-order valence-electron chi connectivity index (χ4n) is 3.72. The predicted octanol–water partition coefficient (Wildman–Crippen LogP) is 3.28. The highest BCUT2D eigenvalue weighted by Gasteiger charge is 2.32. The monoisotopic (exact) mass is 255 g/mol. The molecule has 0 spiro atoms. The third kappa shape index (κ3) is 2.32. The molecule has 1 aromatic rings. The fraction of sp³-hybridized carbons (Fsp3) is 0.625. The van der Waals surface area contributed by atoms with Crippen molar-refractivity contribution in [2.75, 3.05) is 18.0 Å². The number of hydrogen-bond acceptors (Lipinski definition) is 3. The molecule has 19 heavy (non-hydrogen) atoms. The van der Waals surface area contributed by atoms with Gasteiger partial charge in [0.05, 0.1) is 5.56 Å². The van der Waals surface area contributed by atoms with Crippen molar-refractivity contribution in [3.63, 3.8) is 0 Å². The topological polar surface area (TPSA) is 39.9 Å². The molecule has 0 radical (unpaired) electrons. The Hall–Kier alpha value is -1.56. The first-order valence-corrected chi connectivity index (χ1v) is 7.40. The van der Waals surface area contributed by atoms with Crippen LogP contribution in [0.15, 0.2) is 12.3 Å². The second-order valence-corrected chi connectivity index (χ2v) is 5.98. The highest BCUT2D eigenvalue weighted by atomic mass is 15.2. The van der Waals surface area contributed by atoms with E-state index in [1.54, 1.807) is 0 Å². The molecule has 2 aliphatic rings. The van der Waals surface area contributed by atoms with E-state index < -0.39 is 0 Å². The van der Waals surface area contributed by atoms with Crippen LogP contribution in [-0.2, 0) is 0 Å². The van der Waals surface area contributed by atoms with Crippen LogP contribution in [0, 0.1) is 30.1 Å². The molecule has 2 fully saturated rings. The first-order valence-electron chi connectivity index (χ1n) is 7.40. The summed E-state index contributed by atoms with van der Waals surface area (Å²) in [5, 5.41) is 9.35. The summed E-state index contributed by atoms with van der Waals surface area (Å²) >= 11 is 0. The van der Waals surface area contributed by atoms with Gasteiger partial charge in [0.15, 0.2) is 0 Å². The molecule has 1 aliphatic heterocycles. The maximum absolute atomic E-state index is 9.35. The highest BCUT2D eigenvalue weighted by Crippen LogP contribution is 2.37. The highest BCUT2D eigenvalue weighted by molar-refractivity contribution is 5.57. The molecule has 1 aliphatic carbocycles. The van der Waals surface area contributed by atoms with Crippen molar-refractivity contribution in [2.45, 2.75) is 39.0 Å². The molecule has 0 amide bonds. The maximum Gasteiger partial charge on any atom is 0.146 e. The lowest BCUT2D eigenvalue weighted by atomic mass is 9.75. The van der Waals surface area contributed by atoms with Crippen molar-refractivity contribution < 1.29 is 0 Å². The molecule has 1 saturated heterocycles. The molecular formula is C16H21N3. The van der Waals surface area contributed by atoms with Gasteiger partial charge in [0.1, 0.15) is 11.9 Å². The van der Waals surface area contributed by atoms with Gasteiger partial charge in [-0.1, -0.05) is 19.3 Å². The van der Waals surface area contributed by atoms with Gasteiger partial charge in [-0.2, -0.15) is 5.26 Å². The van der Waals surface area contributed by atoms with Gasteiger partial charge in [0.2, 0.25) is 0 Å². The van der Waals surface area contributed by atoms with Crippen molar-refractivity contribution in [3.05, 3.63) is 23.4 Å². The minimum absolute atomic E-state index is 0.761. The van der Waals surface area contributed by atoms with Crippen molar-refractivity contribution >= 4 is 5.82 Å². The summed E-state index contributed by atoms with van der Waals surface area (Å²) in [7, 11) is 0. The summed E-state index contributed by atoms with van der Waals surface area (Å²) in [6.07, 6.45) is 8.65. The Kier molecular flexibility index (Phi) is 3.42.